The number of carbonyl (C=O) groups excluding carboxylic acids is 2. The number of aryl methyl sites for hydroxylation is 1. The number of benzene rings is 2. The van der Waals surface area contributed by atoms with Gasteiger partial charge in [0.25, 0.3) is 0 Å². The van der Waals surface area contributed by atoms with Gasteiger partial charge in [0, 0.05) is 0 Å². The molecule has 0 aliphatic carbocycles. The fourth-order valence-electron chi connectivity index (χ4n) is 1.90. The zero-order chi connectivity index (χ0) is 19.4. The third-order valence-electron chi connectivity index (χ3n) is 3.19. The summed E-state index contributed by atoms with van der Waals surface area (Å²) >= 11 is 17.8. The zero-order valence-corrected chi connectivity index (χ0v) is 15.5. The van der Waals surface area contributed by atoms with Crippen molar-refractivity contribution >= 4 is 52.7 Å². The van der Waals surface area contributed by atoms with Gasteiger partial charge in [0.05, 0.1) is 15.1 Å². The highest BCUT2D eigenvalue weighted by molar-refractivity contribution is 6.46. The minimum Gasteiger partial charge on any atom is -0.473 e. The molecule has 0 atom stereocenters. The van der Waals surface area contributed by atoms with E-state index in [1.54, 1.807) is 12.1 Å². The highest BCUT2D eigenvalue weighted by atomic mass is 35.5. The maximum Gasteiger partial charge on any atom is 0.422 e. The second-order valence-corrected chi connectivity index (χ2v) is 6.31. The van der Waals surface area contributed by atoms with E-state index in [2.05, 4.69) is 4.74 Å². The number of esters is 2. The number of hydrogen-bond donors (Lipinski definition) is 1. The second kappa shape index (κ2) is 8.40. The van der Waals surface area contributed by atoms with E-state index in [0.29, 0.717) is 5.56 Å². The summed E-state index contributed by atoms with van der Waals surface area (Å²) in [6.45, 7) is 1.82. The lowest BCUT2D eigenvalue weighted by atomic mass is 10.1. The summed E-state index contributed by atoms with van der Waals surface area (Å²) in [4.78, 5) is 34.5. The summed E-state index contributed by atoms with van der Waals surface area (Å²) in [7, 11) is 0. The van der Waals surface area contributed by atoms with Crippen LogP contribution in [0.4, 0.5) is 0 Å². The molecule has 6 nitrogen and oxygen atoms in total. The number of carboxylic acid groups (broad SMARTS) is 1. The highest BCUT2D eigenvalue weighted by Gasteiger charge is 2.27. The normalized spacial score (nSPS) is 10.3. The molecule has 9 heteroatoms. The van der Waals surface area contributed by atoms with Gasteiger partial charge in [-0.1, -0.05) is 64.6 Å². The van der Waals surface area contributed by atoms with Crippen molar-refractivity contribution in [1.82, 2.24) is 0 Å². The molecule has 136 valence electrons. The molecule has 0 unspecified atom stereocenters. The molecule has 1 N–H and O–H groups in total. The topological polar surface area (TPSA) is 89.9 Å². The van der Waals surface area contributed by atoms with E-state index < -0.39 is 29.2 Å². The van der Waals surface area contributed by atoms with Crippen molar-refractivity contribution in [2.45, 2.75) is 13.5 Å². The summed E-state index contributed by atoms with van der Waals surface area (Å²) in [5.74, 6) is -5.03. The van der Waals surface area contributed by atoms with Crippen LogP contribution in [0.5, 0.6) is 5.75 Å². The number of carbonyl (C=O) groups is 3. The van der Waals surface area contributed by atoms with Crippen LogP contribution in [0, 0.1) is 6.92 Å². The number of halogens is 3. The fourth-order valence-corrected chi connectivity index (χ4v) is 2.62. The molecule has 0 spiro atoms. The average Bonchev–Trinajstić information content (AvgIpc) is 2.58. The fraction of sp³-hybridized carbons (Fsp3) is 0.118. The summed E-state index contributed by atoms with van der Waals surface area (Å²) in [5, 5.41) is 8.03. The Balaban J connectivity index is 2.33. The van der Waals surface area contributed by atoms with Crippen molar-refractivity contribution in [3.63, 3.8) is 0 Å². The quantitative estimate of drug-likeness (QED) is 0.345. The predicted octanol–water partition coefficient (Wildman–Crippen LogP) is 4.30. The van der Waals surface area contributed by atoms with Crippen LogP contribution in [-0.4, -0.2) is 23.0 Å². The van der Waals surface area contributed by atoms with Gasteiger partial charge in [-0.25, -0.2) is 14.4 Å². The van der Waals surface area contributed by atoms with Gasteiger partial charge in [0.15, 0.2) is 5.75 Å². The molecule has 0 amide bonds. The van der Waals surface area contributed by atoms with Crippen LogP contribution in [0.25, 0.3) is 0 Å². The van der Waals surface area contributed by atoms with E-state index in [4.69, 9.17) is 44.6 Å². The van der Waals surface area contributed by atoms with Crippen LogP contribution in [0.1, 0.15) is 21.5 Å². The Bertz CT molecular complexity index is 877. The first-order valence-corrected chi connectivity index (χ1v) is 8.19. The summed E-state index contributed by atoms with van der Waals surface area (Å²) in [5.41, 5.74) is 1.30. The Morgan fingerprint density at radius 2 is 1.65 bits per heavy atom. The molecule has 0 aliphatic rings. The predicted molar refractivity (Wildman–Crippen MR) is 95.0 cm³/mol. The number of rotatable bonds is 4. The standard InChI is InChI=1S/C17H11Cl3O6/c1-8-2-4-9(5-3-8)7-25-16(23)12-13(20)10(18)6-11(19)14(12)26-17(24)15(21)22/h2-6H,7H2,1H3,(H,21,22). The molecule has 0 heterocycles. The average molecular weight is 418 g/mol. The van der Waals surface area contributed by atoms with Crippen LogP contribution in [0.3, 0.4) is 0 Å². The summed E-state index contributed by atoms with van der Waals surface area (Å²) in [6, 6.07) is 8.33. The minimum atomic E-state index is -1.87. The lowest BCUT2D eigenvalue weighted by Crippen LogP contribution is -2.21. The molecule has 0 fully saturated rings. The molecule has 2 rings (SSSR count). The monoisotopic (exact) mass is 416 g/mol. The lowest BCUT2D eigenvalue weighted by Gasteiger charge is -2.13. The Kier molecular flexibility index (Phi) is 6.47. The maximum absolute atomic E-state index is 12.4. The molecule has 26 heavy (non-hydrogen) atoms. The van der Waals surface area contributed by atoms with Gasteiger partial charge in [-0.3, -0.25) is 0 Å². The van der Waals surface area contributed by atoms with Gasteiger partial charge in [-0.15, -0.1) is 0 Å². The van der Waals surface area contributed by atoms with E-state index in [0.717, 1.165) is 11.6 Å². The smallest absolute Gasteiger partial charge is 0.422 e. The number of aliphatic carboxylic acids is 1. The molecule has 0 saturated carbocycles. The van der Waals surface area contributed by atoms with Crippen molar-refractivity contribution in [1.29, 1.82) is 0 Å². The van der Waals surface area contributed by atoms with Gasteiger partial charge in [0.1, 0.15) is 12.2 Å². The van der Waals surface area contributed by atoms with Gasteiger partial charge in [0.2, 0.25) is 0 Å². The summed E-state index contributed by atoms with van der Waals surface area (Å²) in [6.07, 6.45) is 0. The van der Waals surface area contributed by atoms with E-state index in [1.807, 2.05) is 19.1 Å². The van der Waals surface area contributed by atoms with Crippen LogP contribution >= 0.6 is 34.8 Å². The Morgan fingerprint density at radius 1 is 1.04 bits per heavy atom. The number of carboxylic acids is 1. The number of ether oxygens (including phenoxy) is 2. The first-order chi connectivity index (χ1) is 12.2. The van der Waals surface area contributed by atoms with Crippen molar-refractivity contribution in [3.05, 3.63) is 62.1 Å². The van der Waals surface area contributed by atoms with Gasteiger partial charge < -0.3 is 14.6 Å². The second-order valence-electron chi connectivity index (χ2n) is 5.11. The van der Waals surface area contributed by atoms with Crippen LogP contribution in [0.15, 0.2) is 30.3 Å². The van der Waals surface area contributed by atoms with Crippen molar-refractivity contribution in [3.8, 4) is 5.75 Å². The third kappa shape index (κ3) is 4.66. The number of hydrogen-bond acceptors (Lipinski definition) is 5. The van der Waals surface area contributed by atoms with E-state index >= 15 is 0 Å². The largest absolute Gasteiger partial charge is 0.473 e. The molecule has 0 bridgehead atoms. The van der Waals surface area contributed by atoms with E-state index in [1.165, 1.54) is 0 Å². The maximum atomic E-state index is 12.4. The lowest BCUT2D eigenvalue weighted by molar-refractivity contribution is -0.158. The first kappa shape index (κ1) is 20.0. The first-order valence-electron chi connectivity index (χ1n) is 7.06. The molecule has 2 aromatic rings. The molecule has 0 aromatic heterocycles. The van der Waals surface area contributed by atoms with E-state index in [-0.39, 0.29) is 21.7 Å². The molecule has 2 aromatic carbocycles. The molecule has 0 aliphatic heterocycles. The Hall–Kier alpha value is -2.28. The summed E-state index contributed by atoms with van der Waals surface area (Å²) < 4.78 is 9.80. The molecular formula is C17H11Cl3O6. The van der Waals surface area contributed by atoms with E-state index in [9.17, 15) is 14.4 Å². The van der Waals surface area contributed by atoms with Gasteiger partial charge in [-0.2, -0.15) is 0 Å². The van der Waals surface area contributed by atoms with Gasteiger partial charge >= 0.3 is 17.9 Å². The highest BCUT2D eigenvalue weighted by Crippen LogP contribution is 2.40. The SMILES string of the molecule is Cc1ccc(COC(=O)c2c(Cl)c(Cl)cc(Cl)c2OC(=O)C(=O)O)cc1. The van der Waals surface area contributed by atoms with Crippen molar-refractivity contribution < 1.29 is 29.0 Å². The van der Waals surface area contributed by atoms with Crippen LogP contribution in [-0.2, 0) is 20.9 Å². The van der Waals surface area contributed by atoms with Gasteiger partial charge in [-0.05, 0) is 18.6 Å². The minimum absolute atomic E-state index is 0.0888. The van der Waals surface area contributed by atoms with Crippen LogP contribution < -0.4 is 4.74 Å². The Morgan fingerprint density at radius 3 is 2.23 bits per heavy atom. The molecular weight excluding hydrogens is 407 g/mol. The Labute approximate surface area is 163 Å². The molecule has 0 saturated heterocycles. The van der Waals surface area contributed by atoms with Crippen LogP contribution in [0.2, 0.25) is 15.1 Å². The zero-order valence-electron chi connectivity index (χ0n) is 13.2. The third-order valence-corrected chi connectivity index (χ3v) is 4.26. The van der Waals surface area contributed by atoms with Crippen molar-refractivity contribution in [2.24, 2.45) is 0 Å². The van der Waals surface area contributed by atoms with Crippen molar-refractivity contribution in [2.75, 3.05) is 0 Å². The molecule has 0 radical (unpaired) electrons.